The molecule has 32 heavy (non-hydrogen) atoms. The molecule has 0 bridgehead atoms. The Kier molecular flexibility index (Phi) is 6.17. The van der Waals surface area contributed by atoms with Crippen molar-refractivity contribution in [1.29, 1.82) is 0 Å². The summed E-state index contributed by atoms with van der Waals surface area (Å²) in [5, 5.41) is 4.06. The van der Waals surface area contributed by atoms with Crippen molar-refractivity contribution in [2.45, 2.75) is 13.0 Å². The molecular formula is C27H24N2O3. The lowest BCUT2D eigenvalue weighted by Gasteiger charge is -2.16. The van der Waals surface area contributed by atoms with Gasteiger partial charge in [-0.3, -0.25) is 4.79 Å². The standard InChI is InChI=1S/C27H24N2O3/c1-19(21-11-13-23(14-12-21)27(31)32-2)28-26(30)24-10-6-9-22-16-18-29(25(22)24)17-15-20-7-4-3-5-8-20/h3-19H,1-2H3,(H,28,30)/t19-/m0/s1. The van der Waals surface area contributed by atoms with Crippen LogP contribution >= 0.6 is 0 Å². The molecule has 0 fully saturated rings. The Balaban J connectivity index is 1.57. The van der Waals surface area contributed by atoms with Gasteiger partial charge in [-0.1, -0.05) is 54.6 Å². The number of esters is 1. The van der Waals surface area contributed by atoms with E-state index in [1.54, 1.807) is 12.1 Å². The number of fused-ring (bicyclic) bond motifs is 1. The molecule has 1 atom stereocenters. The van der Waals surface area contributed by atoms with Crippen LogP contribution in [0.3, 0.4) is 0 Å². The Hall–Kier alpha value is -4.12. The van der Waals surface area contributed by atoms with Crippen LogP contribution in [0.1, 0.15) is 44.8 Å². The normalized spacial score (nSPS) is 12.1. The van der Waals surface area contributed by atoms with Crippen molar-refractivity contribution in [3.8, 4) is 0 Å². The van der Waals surface area contributed by atoms with E-state index in [1.807, 2.05) is 96.7 Å². The second-order valence-corrected chi connectivity index (χ2v) is 7.50. The molecule has 5 heteroatoms. The minimum absolute atomic E-state index is 0.159. The molecule has 0 aliphatic rings. The van der Waals surface area contributed by atoms with Crippen molar-refractivity contribution >= 4 is 35.1 Å². The Labute approximate surface area is 186 Å². The number of carbonyl (C=O) groups excluding carboxylic acids is 2. The first-order chi connectivity index (χ1) is 15.6. The topological polar surface area (TPSA) is 60.3 Å². The second-order valence-electron chi connectivity index (χ2n) is 7.50. The van der Waals surface area contributed by atoms with Crippen LogP contribution in [0.15, 0.2) is 85.1 Å². The number of rotatable bonds is 6. The van der Waals surface area contributed by atoms with E-state index in [1.165, 1.54) is 7.11 Å². The van der Waals surface area contributed by atoms with Crippen LogP contribution in [-0.2, 0) is 4.74 Å². The first kappa shape index (κ1) is 21.1. The van der Waals surface area contributed by atoms with Crippen molar-refractivity contribution in [3.63, 3.8) is 0 Å². The van der Waals surface area contributed by atoms with Crippen molar-refractivity contribution in [2.75, 3.05) is 7.11 Å². The van der Waals surface area contributed by atoms with Crippen molar-refractivity contribution < 1.29 is 14.3 Å². The minimum atomic E-state index is -0.385. The molecule has 0 saturated heterocycles. The summed E-state index contributed by atoms with van der Waals surface area (Å²) in [4.78, 5) is 24.8. The molecule has 0 saturated carbocycles. The maximum atomic E-state index is 13.2. The summed E-state index contributed by atoms with van der Waals surface area (Å²) in [5.74, 6) is -0.544. The van der Waals surface area contributed by atoms with Crippen LogP contribution < -0.4 is 5.32 Å². The average molecular weight is 425 g/mol. The summed E-state index contributed by atoms with van der Waals surface area (Å²) >= 11 is 0. The van der Waals surface area contributed by atoms with Crippen LogP contribution in [0, 0.1) is 0 Å². The van der Waals surface area contributed by atoms with Gasteiger partial charge in [0, 0.05) is 17.8 Å². The van der Waals surface area contributed by atoms with Gasteiger partial charge in [0.1, 0.15) is 0 Å². The van der Waals surface area contributed by atoms with Gasteiger partial charge in [0.15, 0.2) is 0 Å². The fourth-order valence-electron chi connectivity index (χ4n) is 3.64. The van der Waals surface area contributed by atoms with Gasteiger partial charge in [-0.15, -0.1) is 0 Å². The number of carbonyl (C=O) groups is 2. The molecular weight excluding hydrogens is 400 g/mol. The Morgan fingerprint density at radius 3 is 2.41 bits per heavy atom. The van der Waals surface area contributed by atoms with Crippen LogP contribution in [0.5, 0.6) is 0 Å². The highest BCUT2D eigenvalue weighted by Crippen LogP contribution is 2.23. The molecule has 1 aromatic heterocycles. The number of hydrogen-bond acceptors (Lipinski definition) is 3. The van der Waals surface area contributed by atoms with E-state index in [4.69, 9.17) is 4.74 Å². The van der Waals surface area contributed by atoms with Gasteiger partial charge in [-0.25, -0.2) is 4.79 Å². The Morgan fingerprint density at radius 2 is 1.69 bits per heavy atom. The smallest absolute Gasteiger partial charge is 0.337 e. The van der Waals surface area contributed by atoms with Crippen LogP contribution in [0.2, 0.25) is 0 Å². The molecule has 4 aromatic rings. The highest BCUT2D eigenvalue weighted by Gasteiger charge is 2.16. The third kappa shape index (κ3) is 4.47. The lowest BCUT2D eigenvalue weighted by Crippen LogP contribution is -2.27. The van der Waals surface area contributed by atoms with E-state index >= 15 is 0 Å². The quantitative estimate of drug-likeness (QED) is 0.413. The van der Waals surface area contributed by atoms with Gasteiger partial charge in [-0.05, 0) is 48.4 Å². The molecule has 0 spiro atoms. The largest absolute Gasteiger partial charge is 0.465 e. The van der Waals surface area contributed by atoms with Gasteiger partial charge >= 0.3 is 5.97 Å². The Bertz CT molecular complexity index is 1270. The fraction of sp³-hybridized carbons (Fsp3) is 0.111. The third-order valence-electron chi connectivity index (χ3n) is 5.39. The number of ether oxygens (including phenoxy) is 1. The molecule has 0 radical (unpaired) electrons. The number of benzene rings is 3. The highest BCUT2D eigenvalue weighted by atomic mass is 16.5. The number of amides is 1. The average Bonchev–Trinajstić information content (AvgIpc) is 3.26. The van der Waals surface area contributed by atoms with Gasteiger partial charge in [0.25, 0.3) is 5.91 Å². The Morgan fingerprint density at radius 1 is 0.938 bits per heavy atom. The van der Waals surface area contributed by atoms with E-state index in [-0.39, 0.29) is 17.9 Å². The van der Waals surface area contributed by atoms with E-state index in [0.717, 1.165) is 22.0 Å². The third-order valence-corrected chi connectivity index (χ3v) is 5.39. The predicted molar refractivity (Wildman–Crippen MR) is 127 cm³/mol. The molecule has 160 valence electrons. The molecule has 0 unspecified atom stereocenters. The molecule has 3 aromatic carbocycles. The van der Waals surface area contributed by atoms with Crippen molar-refractivity contribution in [3.05, 3.63) is 107 Å². The zero-order valence-corrected chi connectivity index (χ0v) is 18.0. The van der Waals surface area contributed by atoms with Gasteiger partial charge < -0.3 is 14.6 Å². The molecule has 1 heterocycles. The van der Waals surface area contributed by atoms with Gasteiger partial charge in [0.2, 0.25) is 0 Å². The maximum Gasteiger partial charge on any atom is 0.337 e. The summed E-state index contributed by atoms with van der Waals surface area (Å²) in [6.07, 6.45) is 5.93. The SMILES string of the molecule is COC(=O)c1ccc([C@H](C)NC(=O)c2cccc3ccn(C=Cc4ccccc4)c23)cc1. The highest BCUT2D eigenvalue weighted by molar-refractivity contribution is 6.06. The molecule has 0 aliphatic heterocycles. The number of nitrogens with zero attached hydrogens (tertiary/aromatic N) is 1. The molecule has 4 rings (SSSR count). The monoisotopic (exact) mass is 424 g/mol. The van der Waals surface area contributed by atoms with E-state index in [2.05, 4.69) is 5.32 Å². The first-order valence-corrected chi connectivity index (χ1v) is 10.4. The van der Waals surface area contributed by atoms with Crippen molar-refractivity contribution in [2.24, 2.45) is 0 Å². The number of nitrogens with one attached hydrogen (secondary N) is 1. The van der Waals surface area contributed by atoms with Crippen LogP contribution in [0.4, 0.5) is 0 Å². The zero-order chi connectivity index (χ0) is 22.5. The molecule has 1 N–H and O–H groups in total. The summed E-state index contributed by atoms with van der Waals surface area (Å²) in [7, 11) is 1.35. The molecule has 5 nitrogen and oxygen atoms in total. The van der Waals surface area contributed by atoms with Crippen LogP contribution in [-0.4, -0.2) is 23.6 Å². The van der Waals surface area contributed by atoms with Crippen molar-refractivity contribution in [1.82, 2.24) is 9.88 Å². The van der Waals surface area contributed by atoms with E-state index in [9.17, 15) is 9.59 Å². The molecule has 1 amide bonds. The summed E-state index contributed by atoms with van der Waals surface area (Å²) in [5.41, 5.74) is 3.91. The maximum absolute atomic E-state index is 13.2. The number of methoxy groups -OCH3 is 1. The lowest BCUT2D eigenvalue weighted by atomic mass is 10.0. The first-order valence-electron chi connectivity index (χ1n) is 10.4. The fourth-order valence-corrected chi connectivity index (χ4v) is 3.64. The van der Waals surface area contributed by atoms with E-state index in [0.29, 0.717) is 11.1 Å². The number of aromatic nitrogens is 1. The zero-order valence-electron chi connectivity index (χ0n) is 18.0. The molecule has 0 aliphatic carbocycles. The van der Waals surface area contributed by atoms with Gasteiger partial charge in [0.05, 0.1) is 29.8 Å². The van der Waals surface area contributed by atoms with Crippen LogP contribution in [0.25, 0.3) is 23.2 Å². The minimum Gasteiger partial charge on any atom is -0.465 e. The van der Waals surface area contributed by atoms with E-state index < -0.39 is 0 Å². The summed E-state index contributed by atoms with van der Waals surface area (Å²) < 4.78 is 6.70. The second kappa shape index (κ2) is 9.35. The van der Waals surface area contributed by atoms with Gasteiger partial charge in [-0.2, -0.15) is 0 Å². The number of para-hydroxylation sites is 1. The summed E-state index contributed by atoms with van der Waals surface area (Å²) in [6.45, 7) is 1.92. The summed E-state index contributed by atoms with van der Waals surface area (Å²) in [6, 6.07) is 24.5. The number of hydrogen-bond donors (Lipinski definition) is 1. The lowest BCUT2D eigenvalue weighted by molar-refractivity contribution is 0.0600. The predicted octanol–water partition coefficient (Wildman–Crippen LogP) is 5.55.